The Hall–Kier alpha value is -0.870. The van der Waals surface area contributed by atoms with E-state index in [1.165, 1.54) is 5.57 Å². The second-order valence-electron chi connectivity index (χ2n) is 6.22. The van der Waals surface area contributed by atoms with Crippen LogP contribution in [0.5, 0.6) is 0 Å². The highest BCUT2D eigenvalue weighted by Gasteiger charge is 2.54. The third kappa shape index (κ3) is 1.70. The summed E-state index contributed by atoms with van der Waals surface area (Å²) in [4.78, 5) is 11.7. The summed E-state index contributed by atoms with van der Waals surface area (Å²) in [5, 5.41) is 9.62. The van der Waals surface area contributed by atoms with Crippen molar-refractivity contribution in [2.75, 3.05) is 0 Å². The Morgan fingerprint density at radius 1 is 1.33 bits per heavy atom. The van der Waals surface area contributed by atoms with Gasteiger partial charge in [0, 0.05) is 0 Å². The van der Waals surface area contributed by atoms with E-state index in [4.69, 9.17) is 9.47 Å². The number of carbonyl (C=O) groups is 1. The highest BCUT2D eigenvalue weighted by atomic mass is 16.6. The highest BCUT2D eigenvalue weighted by Crippen LogP contribution is 2.51. The summed E-state index contributed by atoms with van der Waals surface area (Å²) in [6.07, 6.45) is 8.57. The van der Waals surface area contributed by atoms with Gasteiger partial charge in [0.25, 0.3) is 0 Å². The summed E-state index contributed by atoms with van der Waals surface area (Å²) < 4.78 is 11.0. The van der Waals surface area contributed by atoms with Gasteiger partial charge in [0.15, 0.2) is 0 Å². The highest BCUT2D eigenvalue weighted by molar-refractivity contribution is 5.75. The molecule has 5 atom stereocenters. The summed E-state index contributed by atoms with van der Waals surface area (Å²) in [6, 6.07) is 0. The Labute approximate surface area is 106 Å². The van der Waals surface area contributed by atoms with Gasteiger partial charge in [-0.15, -0.1) is 0 Å². The zero-order chi connectivity index (χ0) is 12.3. The maximum absolute atomic E-state index is 11.7. The second-order valence-corrected chi connectivity index (χ2v) is 6.22. The molecule has 0 amide bonds. The molecule has 0 radical (unpaired) electrons. The van der Waals surface area contributed by atoms with Crippen LogP contribution in [-0.4, -0.2) is 35.5 Å². The van der Waals surface area contributed by atoms with Crippen molar-refractivity contribution >= 4 is 5.97 Å². The second kappa shape index (κ2) is 3.58. The third-order valence-electron chi connectivity index (χ3n) is 4.98. The van der Waals surface area contributed by atoms with Crippen LogP contribution in [0.3, 0.4) is 0 Å². The maximum atomic E-state index is 11.7. The topological polar surface area (TPSA) is 62.4 Å². The molecule has 2 saturated heterocycles. The number of carboxylic acid groups (broad SMARTS) is 1. The van der Waals surface area contributed by atoms with Crippen LogP contribution in [0.25, 0.3) is 0 Å². The Bertz CT molecular complexity index is 430. The van der Waals surface area contributed by atoms with Crippen LogP contribution in [0.2, 0.25) is 0 Å². The molecule has 4 rings (SSSR count). The average molecular weight is 250 g/mol. The molecule has 18 heavy (non-hydrogen) atoms. The van der Waals surface area contributed by atoms with Crippen LogP contribution in [0.1, 0.15) is 38.5 Å². The predicted octanol–water partition coefficient (Wildman–Crippen LogP) is 1.89. The van der Waals surface area contributed by atoms with Gasteiger partial charge in [-0.2, -0.15) is 0 Å². The van der Waals surface area contributed by atoms with E-state index in [1.54, 1.807) is 0 Å². The fourth-order valence-corrected chi connectivity index (χ4v) is 3.71. The van der Waals surface area contributed by atoms with E-state index in [0.717, 1.165) is 25.7 Å². The summed E-state index contributed by atoms with van der Waals surface area (Å²) >= 11 is 0. The molecule has 2 heterocycles. The fourth-order valence-electron chi connectivity index (χ4n) is 3.71. The minimum Gasteiger partial charge on any atom is -0.481 e. The van der Waals surface area contributed by atoms with Crippen molar-refractivity contribution in [1.29, 1.82) is 0 Å². The smallest absolute Gasteiger partial charge is 0.310 e. The van der Waals surface area contributed by atoms with Gasteiger partial charge in [0.2, 0.25) is 0 Å². The van der Waals surface area contributed by atoms with Crippen molar-refractivity contribution in [1.82, 2.24) is 0 Å². The normalized spacial score (nSPS) is 48.8. The third-order valence-corrected chi connectivity index (χ3v) is 4.98. The van der Waals surface area contributed by atoms with Crippen LogP contribution in [0.4, 0.5) is 0 Å². The number of fused-ring (bicyclic) bond motifs is 2. The van der Waals surface area contributed by atoms with Crippen molar-refractivity contribution in [3.63, 3.8) is 0 Å². The zero-order valence-corrected chi connectivity index (χ0v) is 10.3. The lowest BCUT2D eigenvalue weighted by atomic mass is 9.69. The van der Waals surface area contributed by atoms with Crippen LogP contribution in [-0.2, 0) is 14.3 Å². The number of allylic oxidation sites excluding steroid dienone is 1. The largest absolute Gasteiger partial charge is 0.481 e. The van der Waals surface area contributed by atoms with Gasteiger partial charge in [-0.25, -0.2) is 0 Å². The Morgan fingerprint density at radius 3 is 2.94 bits per heavy atom. The molecule has 2 aliphatic carbocycles. The van der Waals surface area contributed by atoms with E-state index < -0.39 is 11.4 Å². The molecule has 0 aromatic heterocycles. The van der Waals surface area contributed by atoms with Crippen molar-refractivity contribution in [2.24, 2.45) is 5.41 Å². The van der Waals surface area contributed by atoms with Crippen LogP contribution in [0, 0.1) is 5.41 Å². The Morgan fingerprint density at radius 2 is 2.22 bits per heavy atom. The van der Waals surface area contributed by atoms with Crippen LogP contribution in [0.15, 0.2) is 11.6 Å². The Kier molecular flexibility index (Phi) is 2.19. The lowest BCUT2D eigenvalue weighted by molar-refractivity contribution is -0.150. The van der Waals surface area contributed by atoms with Crippen LogP contribution < -0.4 is 0 Å². The molecule has 0 spiro atoms. The molecule has 4 nitrogen and oxygen atoms in total. The summed E-state index contributed by atoms with van der Waals surface area (Å²) in [5.41, 5.74) is 0.709. The van der Waals surface area contributed by atoms with Crippen molar-refractivity contribution in [3.05, 3.63) is 11.6 Å². The first-order valence-corrected chi connectivity index (χ1v) is 6.90. The number of ether oxygens (including phenoxy) is 2. The van der Waals surface area contributed by atoms with Crippen molar-refractivity contribution in [3.8, 4) is 0 Å². The Balaban J connectivity index is 1.53. The minimum atomic E-state index is -0.642. The van der Waals surface area contributed by atoms with E-state index >= 15 is 0 Å². The molecular formula is C14H18O4. The summed E-state index contributed by atoms with van der Waals surface area (Å²) in [7, 11) is 0. The van der Waals surface area contributed by atoms with Gasteiger partial charge in [0.05, 0.1) is 23.7 Å². The molecule has 4 heteroatoms. The van der Waals surface area contributed by atoms with E-state index in [-0.39, 0.29) is 12.2 Å². The number of aliphatic carboxylic acids is 1. The molecule has 1 saturated carbocycles. The van der Waals surface area contributed by atoms with E-state index in [9.17, 15) is 9.90 Å². The SMILES string of the molecule is O=C(O)C1(CC2=CC3OC3CC2)CCC2OC2C1. The summed E-state index contributed by atoms with van der Waals surface area (Å²) in [6.45, 7) is 0. The van der Waals surface area contributed by atoms with Gasteiger partial charge >= 0.3 is 5.97 Å². The van der Waals surface area contributed by atoms with Gasteiger partial charge in [-0.3, -0.25) is 4.79 Å². The lowest BCUT2D eigenvalue weighted by Crippen LogP contribution is -2.36. The minimum absolute atomic E-state index is 0.212. The van der Waals surface area contributed by atoms with E-state index in [2.05, 4.69) is 6.08 Å². The number of epoxide rings is 2. The zero-order valence-electron chi connectivity index (χ0n) is 10.3. The summed E-state index contributed by atoms with van der Waals surface area (Å²) in [5.74, 6) is -0.642. The number of carboxylic acids is 1. The quantitative estimate of drug-likeness (QED) is 0.613. The van der Waals surface area contributed by atoms with Crippen molar-refractivity contribution < 1.29 is 19.4 Å². The average Bonchev–Trinajstić information content (AvgIpc) is 3.22. The van der Waals surface area contributed by atoms with Gasteiger partial charge in [0.1, 0.15) is 6.10 Å². The van der Waals surface area contributed by atoms with Gasteiger partial charge < -0.3 is 14.6 Å². The molecule has 98 valence electrons. The van der Waals surface area contributed by atoms with Gasteiger partial charge in [-0.05, 0) is 38.5 Å². The molecule has 4 aliphatic rings. The number of hydrogen-bond acceptors (Lipinski definition) is 3. The monoisotopic (exact) mass is 250 g/mol. The van der Waals surface area contributed by atoms with E-state index in [1.807, 2.05) is 0 Å². The molecule has 0 aromatic carbocycles. The molecule has 3 fully saturated rings. The molecule has 2 aliphatic heterocycles. The van der Waals surface area contributed by atoms with Crippen LogP contribution >= 0.6 is 0 Å². The molecule has 0 aromatic rings. The van der Waals surface area contributed by atoms with Gasteiger partial charge in [-0.1, -0.05) is 11.6 Å². The molecule has 5 unspecified atom stereocenters. The van der Waals surface area contributed by atoms with E-state index in [0.29, 0.717) is 25.0 Å². The van der Waals surface area contributed by atoms with Crippen molar-refractivity contribution in [2.45, 2.75) is 62.9 Å². The first kappa shape index (κ1) is 11.0. The number of hydrogen-bond donors (Lipinski definition) is 1. The molecule has 1 N–H and O–H groups in total. The first-order valence-electron chi connectivity index (χ1n) is 6.90. The maximum Gasteiger partial charge on any atom is 0.310 e. The molecule has 0 bridgehead atoms. The lowest BCUT2D eigenvalue weighted by Gasteiger charge is -2.32. The fraction of sp³-hybridized carbons (Fsp3) is 0.786. The predicted molar refractivity (Wildman–Crippen MR) is 63.2 cm³/mol. The molecular weight excluding hydrogens is 232 g/mol. The number of rotatable bonds is 3. The first-order chi connectivity index (χ1) is 8.66. The standard InChI is InChI=1S/C14H18O4/c15-13(16)14(4-3-10-12(7-14)18-10)6-8-1-2-9-11(5-8)17-9/h5,9-12H,1-4,6-7H2,(H,15,16).